The van der Waals surface area contributed by atoms with Crippen molar-refractivity contribution in [3.05, 3.63) is 35.4 Å². The SMILES string of the molecule is CCCCOCCNC(=NCc1cc(F)ccc1F)NCC.I. The predicted octanol–water partition coefficient (Wildman–Crippen LogP) is 3.45. The minimum atomic E-state index is -0.464. The highest BCUT2D eigenvalue weighted by Crippen LogP contribution is 2.10. The van der Waals surface area contributed by atoms with E-state index in [1.54, 1.807) is 0 Å². The summed E-state index contributed by atoms with van der Waals surface area (Å²) in [5, 5.41) is 6.16. The van der Waals surface area contributed by atoms with Gasteiger partial charge in [-0.2, -0.15) is 0 Å². The summed E-state index contributed by atoms with van der Waals surface area (Å²) in [5.41, 5.74) is 0.233. The molecule has 0 aliphatic carbocycles. The van der Waals surface area contributed by atoms with E-state index in [0.717, 1.165) is 37.6 Å². The first-order valence-electron chi connectivity index (χ1n) is 7.71. The first kappa shape index (κ1) is 22.0. The molecule has 132 valence electrons. The number of guanidine groups is 1. The summed E-state index contributed by atoms with van der Waals surface area (Å²) >= 11 is 0. The lowest BCUT2D eigenvalue weighted by Gasteiger charge is -2.11. The molecule has 0 aromatic heterocycles. The summed E-state index contributed by atoms with van der Waals surface area (Å²) in [4.78, 5) is 4.25. The van der Waals surface area contributed by atoms with Gasteiger partial charge in [-0.3, -0.25) is 0 Å². The molecule has 1 aromatic carbocycles. The molecule has 0 saturated carbocycles. The Morgan fingerprint density at radius 1 is 1.17 bits per heavy atom. The fraction of sp³-hybridized carbons (Fsp3) is 0.562. The molecule has 23 heavy (non-hydrogen) atoms. The van der Waals surface area contributed by atoms with Crippen LogP contribution >= 0.6 is 24.0 Å². The second-order valence-corrected chi connectivity index (χ2v) is 4.82. The van der Waals surface area contributed by atoms with Crippen molar-refractivity contribution in [2.75, 3.05) is 26.3 Å². The number of rotatable bonds is 9. The molecule has 0 heterocycles. The van der Waals surface area contributed by atoms with Crippen LogP contribution in [0.5, 0.6) is 0 Å². The Kier molecular flexibility index (Phi) is 12.9. The fourth-order valence-corrected chi connectivity index (χ4v) is 1.76. The molecule has 0 aliphatic heterocycles. The van der Waals surface area contributed by atoms with Crippen LogP contribution in [0.25, 0.3) is 0 Å². The van der Waals surface area contributed by atoms with Crippen LogP contribution < -0.4 is 10.6 Å². The van der Waals surface area contributed by atoms with E-state index >= 15 is 0 Å². The van der Waals surface area contributed by atoms with E-state index in [-0.39, 0.29) is 36.1 Å². The van der Waals surface area contributed by atoms with Crippen molar-refractivity contribution in [3.63, 3.8) is 0 Å². The Morgan fingerprint density at radius 3 is 2.65 bits per heavy atom. The molecule has 7 heteroatoms. The van der Waals surface area contributed by atoms with Crippen molar-refractivity contribution in [1.29, 1.82) is 0 Å². The van der Waals surface area contributed by atoms with Crippen LogP contribution in [-0.2, 0) is 11.3 Å². The van der Waals surface area contributed by atoms with Crippen molar-refractivity contribution < 1.29 is 13.5 Å². The number of nitrogens with zero attached hydrogens (tertiary/aromatic N) is 1. The lowest BCUT2D eigenvalue weighted by atomic mass is 10.2. The standard InChI is InChI=1S/C16H25F2N3O.HI/c1-3-5-9-22-10-8-20-16(19-4-2)21-12-13-11-14(17)6-7-15(13)18;/h6-7,11H,3-5,8-10,12H2,1-2H3,(H2,19,20,21);1H. The second-order valence-electron chi connectivity index (χ2n) is 4.82. The molecule has 0 bridgehead atoms. The van der Waals surface area contributed by atoms with E-state index < -0.39 is 11.6 Å². The normalized spacial score (nSPS) is 11.0. The molecule has 1 rings (SSSR count). The molecule has 2 N–H and O–H groups in total. The maximum absolute atomic E-state index is 13.5. The summed E-state index contributed by atoms with van der Waals surface area (Å²) in [6, 6.07) is 3.37. The molecule has 0 fully saturated rings. The van der Waals surface area contributed by atoms with Gasteiger partial charge < -0.3 is 15.4 Å². The van der Waals surface area contributed by atoms with E-state index in [1.165, 1.54) is 0 Å². The van der Waals surface area contributed by atoms with Gasteiger partial charge in [-0.25, -0.2) is 13.8 Å². The zero-order valence-corrected chi connectivity index (χ0v) is 16.0. The summed E-state index contributed by atoms with van der Waals surface area (Å²) in [7, 11) is 0. The number of hydrogen-bond donors (Lipinski definition) is 2. The van der Waals surface area contributed by atoms with Crippen molar-refractivity contribution in [2.45, 2.75) is 33.2 Å². The summed E-state index contributed by atoms with van der Waals surface area (Å²) < 4.78 is 32.1. The second kappa shape index (κ2) is 13.5. The smallest absolute Gasteiger partial charge is 0.191 e. The number of unbranched alkanes of at least 4 members (excludes halogenated alkanes) is 1. The van der Waals surface area contributed by atoms with Gasteiger partial charge in [0.25, 0.3) is 0 Å². The lowest BCUT2D eigenvalue weighted by Crippen LogP contribution is -2.39. The molecular weight excluding hydrogens is 415 g/mol. The van der Waals surface area contributed by atoms with Gasteiger partial charge in [0.05, 0.1) is 13.2 Å². The van der Waals surface area contributed by atoms with Crippen LogP contribution in [0.15, 0.2) is 23.2 Å². The molecule has 0 amide bonds. The molecule has 4 nitrogen and oxygen atoms in total. The lowest BCUT2D eigenvalue weighted by molar-refractivity contribution is 0.136. The molecule has 0 atom stereocenters. The Labute approximate surface area is 154 Å². The van der Waals surface area contributed by atoms with Gasteiger partial charge in [-0.15, -0.1) is 24.0 Å². The average Bonchev–Trinajstić information content (AvgIpc) is 2.51. The predicted molar refractivity (Wildman–Crippen MR) is 100 cm³/mol. The number of benzene rings is 1. The topological polar surface area (TPSA) is 45.6 Å². The largest absolute Gasteiger partial charge is 0.380 e. The zero-order chi connectivity index (χ0) is 16.2. The van der Waals surface area contributed by atoms with Crippen molar-refractivity contribution in [2.24, 2.45) is 4.99 Å². The zero-order valence-electron chi connectivity index (χ0n) is 13.7. The molecular formula is C16H26F2IN3O. The third-order valence-electron chi connectivity index (χ3n) is 2.94. The van der Waals surface area contributed by atoms with Gasteiger partial charge in [0.15, 0.2) is 5.96 Å². The van der Waals surface area contributed by atoms with E-state index in [2.05, 4.69) is 22.5 Å². The Balaban J connectivity index is 0.00000484. The van der Waals surface area contributed by atoms with E-state index in [1.807, 2.05) is 6.92 Å². The third-order valence-corrected chi connectivity index (χ3v) is 2.94. The van der Waals surface area contributed by atoms with E-state index in [9.17, 15) is 8.78 Å². The quantitative estimate of drug-likeness (QED) is 0.267. The first-order valence-corrected chi connectivity index (χ1v) is 7.71. The minimum Gasteiger partial charge on any atom is -0.380 e. The number of halogens is 3. The van der Waals surface area contributed by atoms with Gasteiger partial charge in [0, 0.05) is 25.3 Å². The molecule has 0 unspecified atom stereocenters. The molecule has 0 radical (unpaired) electrons. The first-order chi connectivity index (χ1) is 10.7. The monoisotopic (exact) mass is 441 g/mol. The van der Waals surface area contributed by atoms with Gasteiger partial charge in [0.1, 0.15) is 11.6 Å². The molecule has 1 aromatic rings. The van der Waals surface area contributed by atoms with Crippen molar-refractivity contribution in [3.8, 4) is 0 Å². The number of nitrogens with one attached hydrogen (secondary N) is 2. The van der Waals surface area contributed by atoms with Crippen LogP contribution in [0.1, 0.15) is 32.3 Å². The van der Waals surface area contributed by atoms with Crippen LogP contribution in [0.3, 0.4) is 0 Å². The molecule has 0 saturated heterocycles. The van der Waals surface area contributed by atoms with Gasteiger partial charge in [0.2, 0.25) is 0 Å². The van der Waals surface area contributed by atoms with Crippen molar-refractivity contribution in [1.82, 2.24) is 10.6 Å². The highest BCUT2D eigenvalue weighted by Gasteiger charge is 2.04. The van der Waals surface area contributed by atoms with E-state index in [4.69, 9.17) is 4.74 Å². The van der Waals surface area contributed by atoms with Crippen LogP contribution in [0.4, 0.5) is 8.78 Å². The summed E-state index contributed by atoms with van der Waals surface area (Å²) in [5.74, 6) is -0.358. The highest BCUT2D eigenvalue weighted by atomic mass is 127. The van der Waals surface area contributed by atoms with Gasteiger partial charge in [-0.1, -0.05) is 13.3 Å². The summed E-state index contributed by atoms with van der Waals surface area (Å²) in [6.45, 7) is 6.77. The minimum absolute atomic E-state index is 0. The number of hydrogen-bond acceptors (Lipinski definition) is 2. The van der Waals surface area contributed by atoms with Gasteiger partial charge >= 0.3 is 0 Å². The van der Waals surface area contributed by atoms with Gasteiger partial charge in [-0.05, 0) is 31.5 Å². The number of aliphatic imine (C=N–C) groups is 1. The van der Waals surface area contributed by atoms with Crippen LogP contribution in [0.2, 0.25) is 0 Å². The Hall–Kier alpha value is -0.960. The number of ether oxygens (including phenoxy) is 1. The summed E-state index contributed by atoms with van der Waals surface area (Å²) in [6.07, 6.45) is 2.16. The van der Waals surface area contributed by atoms with Crippen LogP contribution in [-0.4, -0.2) is 32.3 Å². The molecule has 0 aliphatic rings. The van der Waals surface area contributed by atoms with Crippen LogP contribution in [0, 0.1) is 11.6 Å². The Bertz CT molecular complexity index is 473. The van der Waals surface area contributed by atoms with E-state index in [0.29, 0.717) is 25.7 Å². The maximum Gasteiger partial charge on any atom is 0.191 e. The molecule has 0 spiro atoms. The highest BCUT2D eigenvalue weighted by molar-refractivity contribution is 14.0. The van der Waals surface area contributed by atoms with Crippen molar-refractivity contribution >= 4 is 29.9 Å². The fourth-order valence-electron chi connectivity index (χ4n) is 1.76. The average molecular weight is 441 g/mol. The third kappa shape index (κ3) is 9.70. The Morgan fingerprint density at radius 2 is 1.96 bits per heavy atom. The maximum atomic E-state index is 13.5.